The van der Waals surface area contributed by atoms with Crippen molar-refractivity contribution in [2.24, 2.45) is 0 Å². The number of esters is 1. The average molecular weight is 250 g/mol. The van der Waals surface area contributed by atoms with E-state index in [1.54, 1.807) is 20.8 Å². The first-order valence-electron chi connectivity index (χ1n) is 5.24. The Morgan fingerprint density at radius 2 is 1.62 bits per heavy atom. The number of hydrogen-bond acceptors (Lipinski definition) is 5. The van der Waals surface area contributed by atoms with Crippen LogP contribution >= 0.6 is 7.60 Å². The summed E-state index contributed by atoms with van der Waals surface area (Å²) in [5, 5.41) is 0.259. The maximum Gasteiger partial charge on any atom is 0.357 e. The van der Waals surface area contributed by atoms with Crippen LogP contribution in [-0.4, -0.2) is 25.8 Å². The van der Waals surface area contributed by atoms with Gasteiger partial charge < -0.3 is 13.8 Å². The molecule has 0 atom stereocenters. The molecule has 0 saturated carbocycles. The third-order valence-corrected chi connectivity index (χ3v) is 3.83. The fourth-order valence-electron chi connectivity index (χ4n) is 1.01. The van der Waals surface area contributed by atoms with Crippen LogP contribution in [0.5, 0.6) is 0 Å². The van der Waals surface area contributed by atoms with Crippen molar-refractivity contribution in [3.8, 4) is 0 Å². The van der Waals surface area contributed by atoms with Crippen molar-refractivity contribution in [1.29, 1.82) is 0 Å². The molecule has 16 heavy (non-hydrogen) atoms. The largest absolute Gasteiger partial charge is 0.463 e. The molecule has 0 unspecified atom stereocenters. The van der Waals surface area contributed by atoms with E-state index >= 15 is 0 Å². The van der Waals surface area contributed by atoms with Gasteiger partial charge in [-0.2, -0.15) is 0 Å². The summed E-state index contributed by atoms with van der Waals surface area (Å²) in [7, 11) is -3.33. The molecule has 0 aliphatic rings. The Morgan fingerprint density at radius 3 is 2.00 bits per heavy atom. The van der Waals surface area contributed by atoms with Crippen molar-refractivity contribution in [2.75, 3.05) is 19.8 Å². The highest BCUT2D eigenvalue weighted by Crippen LogP contribution is 2.55. The summed E-state index contributed by atoms with van der Waals surface area (Å²) in [6, 6.07) is 0. The molecule has 5 nitrogen and oxygen atoms in total. The molecule has 0 heterocycles. The third-order valence-electron chi connectivity index (χ3n) is 1.64. The van der Waals surface area contributed by atoms with E-state index in [1.165, 1.54) is 6.92 Å². The summed E-state index contributed by atoms with van der Waals surface area (Å²) >= 11 is 0. The van der Waals surface area contributed by atoms with Crippen LogP contribution in [0, 0.1) is 0 Å². The number of ether oxygens (including phenoxy) is 1. The second-order valence-corrected chi connectivity index (χ2v) is 5.09. The molecular formula is C10H19O5P. The van der Waals surface area contributed by atoms with E-state index in [0.29, 0.717) is 0 Å². The van der Waals surface area contributed by atoms with E-state index in [9.17, 15) is 9.36 Å². The number of carbonyl (C=O) groups excluding carboxylic acids is 1. The highest BCUT2D eigenvalue weighted by Gasteiger charge is 2.26. The van der Waals surface area contributed by atoms with Crippen LogP contribution in [0.2, 0.25) is 0 Å². The highest BCUT2D eigenvalue weighted by atomic mass is 31.2. The van der Waals surface area contributed by atoms with Crippen LogP contribution in [0.3, 0.4) is 0 Å². The lowest BCUT2D eigenvalue weighted by Gasteiger charge is -2.17. The molecule has 0 aromatic carbocycles. The van der Waals surface area contributed by atoms with Crippen molar-refractivity contribution in [2.45, 2.75) is 27.7 Å². The molecule has 0 N–H and O–H groups in total. The first kappa shape index (κ1) is 15.4. The Kier molecular flexibility index (Phi) is 7.30. The Morgan fingerprint density at radius 1 is 1.12 bits per heavy atom. The van der Waals surface area contributed by atoms with E-state index < -0.39 is 13.6 Å². The first-order chi connectivity index (χ1) is 7.50. The molecule has 0 spiro atoms. The maximum absolute atomic E-state index is 12.1. The summed E-state index contributed by atoms with van der Waals surface area (Å²) in [5.41, 5.74) is 0. The average Bonchev–Trinajstić information content (AvgIpc) is 2.18. The fourth-order valence-corrected chi connectivity index (χ4v) is 2.44. The van der Waals surface area contributed by atoms with Gasteiger partial charge in [-0.1, -0.05) is 0 Å². The van der Waals surface area contributed by atoms with E-state index in [2.05, 4.69) is 0 Å². The number of carbonyl (C=O) groups is 1. The molecule has 6 heteroatoms. The summed E-state index contributed by atoms with van der Waals surface area (Å²) in [6.07, 6.45) is 1.15. The van der Waals surface area contributed by atoms with Crippen molar-refractivity contribution < 1.29 is 23.1 Å². The molecule has 0 aliphatic carbocycles. The SMILES string of the molecule is CCOC(=O)C=C(C)P(=O)(OCC)OCC. The van der Waals surface area contributed by atoms with Gasteiger partial charge in [0.25, 0.3) is 0 Å². The number of rotatable bonds is 7. The van der Waals surface area contributed by atoms with Crippen LogP contribution in [0.1, 0.15) is 27.7 Å². The first-order valence-corrected chi connectivity index (χ1v) is 6.79. The zero-order valence-corrected chi connectivity index (χ0v) is 11.1. The minimum Gasteiger partial charge on any atom is -0.463 e. The van der Waals surface area contributed by atoms with Gasteiger partial charge in [0, 0.05) is 11.4 Å². The van der Waals surface area contributed by atoms with E-state index in [-0.39, 0.29) is 25.1 Å². The van der Waals surface area contributed by atoms with E-state index in [4.69, 9.17) is 13.8 Å². The Labute approximate surface area is 96.3 Å². The Balaban J connectivity index is 4.79. The highest BCUT2D eigenvalue weighted by molar-refractivity contribution is 7.58. The normalized spacial score (nSPS) is 12.6. The molecule has 0 bridgehead atoms. The van der Waals surface area contributed by atoms with Gasteiger partial charge in [0.05, 0.1) is 19.8 Å². The molecule has 0 aromatic rings. The van der Waals surface area contributed by atoms with Crippen LogP contribution in [0.25, 0.3) is 0 Å². The molecule has 0 radical (unpaired) electrons. The van der Waals surface area contributed by atoms with Crippen molar-refractivity contribution in [3.63, 3.8) is 0 Å². The molecule has 0 fully saturated rings. The standard InChI is InChI=1S/C10H19O5P/c1-5-13-10(11)8-9(4)16(12,14-6-2)15-7-3/h8H,5-7H2,1-4H3. The quantitative estimate of drug-likeness (QED) is 0.395. The van der Waals surface area contributed by atoms with Gasteiger partial charge in [0.2, 0.25) is 0 Å². The molecule has 0 aliphatic heterocycles. The second-order valence-electron chi connectivity index (χ2n) is 2.87. The zero-order valence-electron chi connectivity index (χ0n) is 10.2. The Hall–Kier alpha value is -0.640. The Bertz CT molecular complexity index is 288. The molecule has 0 amide bonds. The fraction of sp³-hybridized carbons (Fsp3) is 0.700. The molecule has 0 saturated heterocycles. The summed E-state index contributed by atoms with van der Waals surface area (Å²) in [4.78, 5) is 11.2. The lowest BCUT2D eigenvalue weighted by atomic mass is 10.5. The van der Waals surface area contributed by atoms with Crippen molar-refractivity contribution in [1.82, 2.24) is 0 Å². The van der Waals surface area contributed by atoms with Crippen LogP contribution in [-0.2, 0) is 23.1 Å². The summed E-state index contributed by atoms with van der Waals surface area (Å²) < 4.78 is 27.0. The smallest absolute Gasteiger partial charge is 0.357 e. The van der Waals surface area contributed by atoms with E-state index in [0.717, 1.165) is 6.08 Å². The predicted octanol–water partition coefficient (Wildman–Crippen LogP) is 2.72. The van der Waals surface area contributed by atoms with Crippen molar-refractivity contribution in [3.05, 3.63) is 11.4 Å². The molecule has 0 aromatic heterocycles. The van der Waals surface area contributed by atoms with Crippen LogP contribution in [0.15, 0.2) is 11.4 Å². The van der Waals surface area contributed by atoms with Crippen LogP contribution in [0.4, 0.5) is 0 Å². The second kappa shape index (κ2) is 7.60. The number of hydrogen-bond donors (Lipinski definition) is 0. The van der Waals surface area contributed by atoms with Gasteiger partial charge in [0.1, 0.15) is 0 Å². The maximum atomic E-state index is 12.1. The van der Waals surface area contributed by atoms with E-state index in [1.807, 2.05) is 0 Å². The van der Waals surface area contributed by atoms with Gasteiger partial charge in [0.15, 0.2) is 0 Å². The number of allylic oxidation sites excluding steroid dienone is 1. The summed E-state index contributed by atoms with van der Waals surface area (Å²) in [6.45, 7) is 7.44. The van der Waals surface area contributed by atoms with Gasteiger partial charge in [-0.3, -0.25) is 4.57 Å². The lowest BCUT2D eigenvalue weighted by molar-refractivity contribution is -0.137. The van der Waals surface area contributed by atoms with Gasteiger partial charge in [-0.25, -0.2) is 4.79 Å². The topological polar surface area (TPSA) is 61.8 Å². The minimum absolute atomic E-state index is 0.255. The van der Waals surface area contributed by atoms with Crippen molar-refractivity contribution >= 4 is 13.6 Å². The lowest BCUT2D eigenvalue weighted by Crippen LogP contribution is -2.03. The van der Waals surface area contributed by atoms with Gasteiger partial charge in [-0.15, -0.1) is 0 Å². The molecule has 0 rings (SSSR count). The summed E-state index contributed by atoms with van der Waals surface area (Å²) in [5.74, 6) is -0.542. The third kappa shape index (κ3) is 4.92. The molecular weight excluding hydrogens is 231 g/mol. The van der Waals surface area contributed by atoms with Crippen LogP contribution < -0.4 is 0 Å². The van der Waals surface area contributed by atoms with Gasteiger partial charge >= 0.3 is 13.6 Å². The molecule has 94 valence electrons. The predicted molar refractivity (Wildman–Crippen MR) is 61.2 cm³/mol. The minimum atomic E-state index is -3.33. The van der Waals surface area contributed by atoms with Gasteiger partial charge in [-0.05, 0) is 27.7 Å². The monoisotopic (exact) mass is 250 g/mol. The zero-order chi connectivity index (χ0) is 12.6.